The molecule has 17 heavy (non-hydrogen) atoms. The first-order valence-corrected chi connectivity index (χ1v) is 5.50. The van der Waals surface area contributed by atoms with Crippen molar-refractivity contribution in [3.05, 3.63) is 60.7 Å². The highest BCUT2D eigenvalue weighted by Crippen LogP contribution is 2.57. The van der Waals surface area contributed by atoms with Crippen LogP contribution in [0.25, 0.3) is 0 Å². The maximum absolute atomic E-state index is 11.6. The predicted molar refractivity (Wildman–Crippen MR) is 65.4 cm³/mol. The summed E-state index contributed by atoms with van der Waals surface area (Å²) in [6.07, 6.45) is 1.67. The van der Waals surface area contributed by atoms with Gasteiger partial charge in [-0.15, -0.1) is 0 Å². The van der Waals surface area contributed by atoms with E-state index in [1.54, 1.807) is 11.6 Å². The molecule has 1 aliphatic rings. The van der Waals surface area contributed by atoms with Crippen molar-refractivity contribution in [3.63, 3.8) is 0 Å². The van der Waals surface area contributed by atoms with Crippen molar-refractivity contribution in [3.8, 4) is 0 Å². The maximum Gasteiger partial charge on any atom is 0.247 e. The third-order valence-electron chi connectivity index (χ3n) is 3.31. The molecule has 3 atom stereocenters. The Balaban J connectivity index is 2.25. The van der Waals surface area contributed by atoms with E-state index < -0.39 is 0 Å². The molecule has 3 nitrogen and oxygen atoms in total. The molecular formula is C14H15NO2. The number of hydrogen-bond acceptors (Lipinski definition) is 2. The van der Waals surface area contributed by atoms with Gasteiger partial charge in [-0.05, 0) is 5.56 Å². The zero-order chi connectivity index (χ0) is 12.4. The van der Waals surface area contributed by atoms with Gasteiger partial charge in [-0.1, -0.05) is 55.1 Å². The first-order valence-electron chi connectivity index (χ1n) is 5.50. The smallest absolute Gasteiger partial charge is 0.247 e. The van der Waals surface area contributed by atoms with Crippen molar-refractivity contribution in [2.24, 2.45) is 11.8 Å². The Hall–Kier alpha value is -1.87. The van der Waals surface area contributed by atoms with Crippen molar-refractivity contribution in [2.75, 3.05) is 0 Å². The fourth-order valence-electron chi connectivity index (χ4n) is 2.40. The van der Waals surface area contributed by atoms with Gasteiger partial charge in [0, 0.05) is 11.8 Å². The zero-order valence-corrected chi connectivity index (χ0v) is 9.47. The molecule has 0 heterocycles. The predicted octanol–water partition coefficient (Wildman–Crippen LogP) is 2.26. The molecule has 0 saturated heterocycles. The Bertz CT molecular complexity index is 453. The van der Waals surface area contributed by atoms with Crippen LogP contribution in [0.3, 0.4) is 0 Å². The van der Waals surface area contributed by atoms with E-state index in [2.05, 4.69) is 13.2 Å². The largest absolute Gasteiger partial charge is 0.289 e. The van der Waals surface area contributed by atoms with Gasteiger partial charge in [0.1, 0.15) is 0 Å². The van der Waals surface area contributed by atoms with E-state index in [1.165, 1.54) is 0 Å². The standard InChI is InChI=1S/C14H15NO2/c1-3-9(2)11-12(13(11)14(16)15-17)10-7-5-4-6-8-10/h3-8,11-13,17H,1-2H2,(H,15,16). The van der Waals surface area contributed by atoms with Gasteiger partial charge < -0.3 is 0 Å². The summed E-state index contributed by atoms with van der Waals surface area (Å²) in [5.74, 6) is -0.462. The highest BCUT2D eigenvalue weighted by atomic mass is 16.5. The quantitative estimate of drug-likeness (QED) is 0.472. The summed E-state index contributed by atoms with van der Waals surface area (Å²) in [6.45, 7) is 7.57. The van der Waals surface area contributed by atoms with E-state index in [0.717, 1.165) is 11.1 Å². The van der Waals surface area contributed by atoms with E-state index in [4.69, 9.17) is 5.21 Å². The Labute approximate surface area is 100 Å². The van der Waals surface area contributed by atoms with Gasteiger partial charge in [0.05, 0.1) is 5.92 Å². The molecule has 0 radical (unpaired) electrons. The number of amides is 1. The number of carbonyl (C=O) groups is 1. The van der Waals surface area contributed by atoms with E-state index in [9.17, 15) is 4.79 Å². The topological polar surface area (TPSA) is 49.3 Å². The molecule has 0 spiro atoms. The summed E-state index contributed by atoms with van der Waals surface area (Å²) < 4.78 is 0. The second-order valence-corrected chi connectivity index (χ2v) is 4.24. The lowest BCUT2D eigenvalue weighted by atomic mass is 10.1. The van der Waals surface area contributed by atoms with Gasteiger partial charge >= 0.3 is 0 Å². The molecule has 3 heteroatoms. The molecule has 1 amide bonds. The van der Waals surface area contributed by atoms with Crippen LogP contribution >= 0.6 is 0 Å². The monoisotopic (exact) mass is 229 g/mol. The van der Waals surface area contributed by atoms with E-state index in [0.29, 0.717) is 0 Å². The Morgan fingerprint density at radius 1 is 1.29 bits per heavy atom. The average molecular weight is 229 g/mol. The Kier molecular flexibility index (Phi) is 3.11. The maximum atomic E-state index is 11.6. The van der Waals surface area contributed by atoms with Crippen LogP contribution in [0.15, 0.2) is 55.1 Å². The van der Waals surface area contributed by atoms with Crippen LogP contribution in [0.1, 0.15) is 11.5 Å². The second-order valence-electron chi connectivity index (χ2n) is 4.24. The number of benzene rings is 1. The van der Waals surface area contributed by atoms with Gasteiger partial charge in [-0.3, -0.25) is 10.0 Å². The van der Waals surface area contributed by atoms with Crippen molar-refractivity contribution in [2.45, 2.75) is 5.92 Å². The molecule has 0 aromatic heterocycles. The van der Waals surface area contributed by atoms with Crippen LogP contribution in [0.2, 0.25) is 0 Å². The van der Waals surface area contributed by atoms with E-state index in [1.807, 2.05) is 30.3 Å². The summed E-state index contributed by atoms with van der Waals surface area (Å²) >= 11 is 0. The highest BCUT2D eigenvalue weighted by molar-refractivity contribution is 5.83. The third kappa shape index (κ3) is 2.01. The average Bonchev–Trinajstić information content (AvgIpc) is 3.13. The summed E-state index contributed by atoms with van der Waals surface area (Å²) in [6, 6.07) is 9.78. The first-order chi connectivity index (χ1) is 8.20. The molecule has 1 aromatic carbocycles. The lowest BCUT2D eigenvalue weighted by molar-refractivity contribution is -0.130. The van der Waals surface area contributed by atoms with E-state index >= 15 is 0 Å². The van der Waals surface area contributed by atoms with Crippen molar-refractivity contribution in [1.29, 1.82) is 0 Å². The molecule has 1 aromatic rings. The summed E-state index contributed by atoms with van der Waals surface area (Å²) in [5, 5.41) is 8.73. The minimum Gasteiger partial charge on any atom is -0.289 e. The molecule has 1 saturated carbocycles. The van der Waals surface area contributed by atoms with Crippen molar-refractivity contribution < 1.29 is 10.0 Å². The van der Waals surface area contributed by atoms with Gasteiger partial charge in [0.2, 0.25) is 5.91 Å². The van der Waals surface area contributed by atoms with Gasteiger partial charge in [0.15, 0.2) is 0 Å². The van der Waals surface area contributed by atoms with Crippen molar-refractivity contribution >= 4 is 5.91 Å². The van der Waals surface area contributed by atoms with Crippen LogP contribution in [0, 0.1) is 11.8 Å². The lowest BCUT2D eigenvalue weighted by Crippen LogP contribution is -2.21. The molecule has 1 fully saturated rings. The lowest BCUT2D eigenvalue weighted by Gasteiger charge is -1.98. The molecule has 2 rings (SSSR count). The van der Waals surface area contributed by atoms with Crippen LogP contribution in [-0.2, 0) is 4.79 Å². The molecule has 1 aliphatic carbocycles. The van der Waals surface area contributed by atoms with E-state index in [-0.39, 0.29) is 23.7 Å². The third-order valence-corrected chi connectivity index (χ3v) is 3.31. The molecule has 2 N–H and O–H groups in total. The Morgan fingerprint density at radius 2 is 1.94 bits per heavy atom. The van der Waals surface area contributed by atoms with Crippen LogP contribution in [0.4, 0.5) is 0 Å². The van der Waals surface area contributed by atoms with Crippen LogP contribution in [-0.4, -0.2) is 11.1 Å². The van der Waals surface area contributed by atoms with Gasteiger partial charge in [0.25, 0.3) is 0 Å². The summed E-state index contributed by atoms with van der Waals surface area (Å²) in [4.78, 5) is 11.6. The minimum absolute atomic E-state index is 0.0436. The summed E-state index contributed by atoms with van der Waals surface area (Å²) in [5.41, 5.74) is 3.65. The zero-order valence-electron chi connectivity index (χ0n) is 9.47. The van der Waals surface area contributed by atoms with Crippen LogP contribution < -0.4 is 5.48 Å². The SMILES string of the molecule is C=CC(=C)C1C(C(=O)NO)C1c1ccccc1. The first kappa shape index (κ1) is 11.6. The second kappa shape index (κ2) is 4.55. The number of nitrogens with one attached hydrogen (secondary N) is 1. The molecule has 0 aliphatic heterocycles. The molecule has 3 unspecified atom stereocenters. The number of hydroxylamine groups is 1. The highest BCUT2D eigenvalue weighted by Gasteiger charge is 2.55. The van der Waals surface area contributed by atoms with Gasteiger partial charge in [-0.2, -0.15) is 0 Å². The number of rotatable bonds is 4. The van der Waals surface area contributed by atoms with Crippen LogP contribution in [0.5, 0.6) is 0 Å². The fourth-order valence-corrected chi connectivity index (χ4v) is 2.40. The molecular weight excluding hydrogens is 214 g/mol. The Morgan fingerprint density at radius 3 is 2.47 bits per heavy atom. The molecule has 0 bridgehead atoms. The normalized spacial score (nSPS) is 26.1. The van der Waals surface area contributed by atoms with Gasteiger partial charge in [-0.25, -0.2) is 5.48 Å². The molecule has 88 valence electrons. The number of hydrogen-bond donors (Lipinski definition) is 2. The minimum atomic E-state index is -0.355. The van der Waals surface area contributed by atoms with Crippen molar-refractivity contribution in [1.82, 2.24) is 5.48 Å². The number of carbonyl (C=O) groups excluding carboxylic acids is 1. The fraction of sp³-hybridized carbons (Fsp3) is 0.214. The summed E-state index contributed by atoms with van der Waals surface area (Å²) in [7, 11) is 0. The number of allylic oxidation sites excluding steroid dienone is 2.